The highest BCUT2D eigenvalue weighted by Gasteiger charge is 2.16. The van der Waals surface area contributed by atoms with Gasteiger partial charge in [-0.3, -0.25) is 9.00 Å². The molecule has 0 spiro atoms. The first-order chi connectivity index (χ1) is 14.9. The molecule has 3 atom stereocenters. The lowest BCUT2D eigenvalue weighted by molar-refractivity contribution is -0.138. The topological polar surface area (TPSA) is 84.9 Å². The van der Waals surface area contributed by atoms with Gasteiger partial charge in [-0.1, -0.05) is 58.9 Å². The molecule has 0 amide bonds. The highest BCUT2D eigenvalue weighted by Crippen LogP contribution is 2.33. The summed E-state index contributed by atoms with van der Waals surface area (Å²) >= 11 is 3.85. The maximum atomic E-state index is 12.3. The Kier molecular flexibility index (Phi) is 14.7. The summed E-state index contributed by atoms with van der Waals surface area (Å²) in [6.07, 6.45) is 8.32. The van der Waals surface area contributed by atoms with Gasteiger partial charge >= 0.3 is 5.97 Å². The number of carboxylic acids is 1. The predicted molar refractivity (Wildman–Crippen MR) is 131 cm³/mol. The Labute approximate surface area is 195 Å². The fourth-order valence-corrected chi connectivity index (χ4v) is 4.75. The van der Waals surface area contributed by atoms with Crippen LogP contribution in [0.15, 0.2) is 18.2 Å². The van der Waals surface area contributed by atoms with Gasteiger partial charge in [-0.05, 0) is 37.1 Å². The number of unbranched alkanes of at least 4 members (excludes halogenated alkanes) is 5. The molecule has 3 unspecified atom stereocenters. The van der Waals surface area contributed by atoms with Gasteiger partial charge in [0.05, 0.1) is 0 Å². The van der Waals surface area contributed by atoms with Gasteiger partial charge in [0, 0.05) is 27.6 Å². The first-order valence-electron chi connectivity index (χ1n) is 11.3. The van der Waals surface area contributed by atoms with Crippen molar-refractivity contribution < 1.29 is 23.6 Å². The van der Waals surface area contributed by atoms with Gasteiger partial charge < -0.3 is 19.9 Å². The summed E-state index contributed by atoms with van der Waals surface area (Å²) in [6, 6.07) is 5.51. The first-order valence-corrected chi connectivity index (χ1v) is 13.3. The predicted octanol–water partition coefficient (Wildman–Crippen LogP) is 4.43. The number of benzene rings is 1. The standard InChI is InChI=1S/C18H28O3S.C5H11NO2S/c1-3-4-5-6-7-8-11-22(19)15(2)12-16-9-10-17-18(13-16)21-14-20-17;1-2-6-4(3-9)5(7)8/h9-10,13,15H,3-8,11-12,14H2,1-2H3;4,6,9H,2-3H2,1H3,(H,7,8). The summed E-state index contributed by atoms with van der Waals surface area (Å²) in [7, 11) is -0.743. The highest BCUT2D eigenvalue weighted by molar-refractivity contribution is 7.85. The number of nitrogens with one attached hydrogen (secondary N) is 1. The molecule has 6 nitrogen and oxygen atoms in total. The molecule has 0 aliphatic carbocycles. The van der Waals surface area contributed by atoms with Crippen molar-refractivity contribution in [3.63, 3.8) is 0 Å². The number of ether oxygens (including phenoxy) is 2. The normalized spacial score (nSPS) is 15.0. The van der Waals surface area contributed by atoms with Crippen molar-refractivity contribution >= 4 is 29.4 Å². The molecule has 1 aromatic rings. The Hall–Kier alpha value is -1.25. The van der Waals surface area contributed by atoms with Crippen molar-refractivity contribution in [1.29, 1.82) is 0 Å². The Morgan fingerprint density at radius 3 is 2.45 bits per heavy atom. The maximum absolute atomic E-state index is 12.3. The van der Waals surface area contributed by atoms with E-state index in [0.717, 1.165) is 30.1 Å². The highest BCUT2D eigenvalue weighted by atomic mass is 32.2. The molecule has 0 saturated carbocycles. The van der Waals surface area contributed by atoms with Gasteiger partial charge in [-0.15, -0.1) is 0 Å². The van der Waals surface area contributed by atoms with Crippen LogP contribution in [0.5, 0.6) is 11.5 Å². The number of hydrogen-bond acceptors (Lipinski definition) is 6. The maximum Gasteiger partial charge on any atom is 0.321 e. The smallest absolute Gasteiger partial charge is 0.321 e. The van der Waals surface area contributed by atoms with E-state index in [4.69, 9.17) is 14.6 Å². The fraction of sp³-hybridized carbons (Fsp3) is 0.696. The molecular formula is C23H39NO5S2. The summed E-state index contributed by atoms with van der Waals surface area (Å²) in [5.41, 5.74) is 1.17. The van der Waals surface area contributed by atoms with Crippen molar-refractivity contribution in [3.8, 4) is 11.5 Å². The number of hydrogen-bond donors (Lipinski definition) is 3. The Bertz CT molecular complexity index is 671. The molecule has 1 heterocycles. The third-order valence-corrected chi connectivity index (χ3v) is 7.16. The molecule has 0 aromatic heterocycles. The molecular weight excluding hydrogens is 434 g/mol. The van der Waals surface area contributed by atoms with Gasteiger partial charge in [0.1, 0.15) is 6.04 Å². The van der Waals surface area contributed by atoms with E-state index in [1.807, 2.05) is 25.1 Å². The van der Waals surface area contributed by atoms with Crippen LogP contribution in [0.3, 0.4) is 0 Å². The summed E-state index contributed by atoms with van der Waals surface area (Å²) in [4.78, 5) is 10.2. The fourth-order valence-electron chi connectivity index (χ4n) is 3.19. The molecule has 31 heavy (non-hydrogen) atoms. The second-order valence-electron chi connectivity index (χ2n) is 7.69. The average Bonchev–Trinajstić information content (AvgIpc) is 3.22. The van der Waals surface area contributed by atoms with Gasteiger partial charge in [0.2, 0.25) is 6.79 Å². The summed E-state index contributed by atoms with van der Waals surface area (Å²) in [6.45, 7) is 7.14. The van der Waals surface area contributed by atoms with E-state index in [1.165, 1.54) is 37.7 Å². The number of likely N-dealkylation sites (N-methyl/N-ethyl adjacent to an activating group) is 1. The van der Waals surface area contributed by atoms with Gasteiger partial charge in [-0.25, -0.2) is 0 Å². The van der Waals surface area contributed by atoms with Crippen LogP contribution in [-0.2, 0) is 22.0 Å². The van der Waals surface area contributed by atoms with Crippen molar-refractivity contribution in [1.82, 2.24) is 5.32 Å². The molecule has 1 aliphatic rings. The summed E-state index contributed by atoms with van der Waals surface area (Å²) < 4.78 is 23.0. The lowest BCUT2D eigenvalue weighted by Gasteiger charge is -2.12. The SMILES string of the molecule is CCCCCCCCS(=O)C(C)Cc1ccc2c(c1)OCO2.CCNC(CS)C(=O)O. The molecule has 1 aliphatic heterocycles. The lowest BCUT2D eigenvalue weighted by atomic mass is 10.1. The zero-order chi connectivity index (χ0) is 23.1. The van der Waals surface area contributed by atoms with Crippen molar-refractivity contribution in [2.24, 2.45) is 0 Å². The zero-order valence-corrected chi connectivity index (χ0v) is 20.8. The van der Waals surface area contributed by atoms with E-state index < -0.39 is 22.8 Å². The molecule has 1 aromatic carbocycles. The molecule has 0 saturated heterocycles. The minimum atomic E-state index is -0.841. The Morgan fingerprint density at radius 2 is 1.84 bits per heavy atom. The molecule has 178 valence electrons. The molecule has 8 heteroatoms. The van der Waals surface area contributed by atoms with E-state index in [2.05, 4.69) is 31.8 Å². The van der Waals surface area contributed by atoms with Crippen molar-refractivity contribution in [3.05, 3.63) is 23.8 Å². The third-order valence-electron chi connectivity index (χ3n) is 5.04. The van der Waals surface area contributed by atoms with Crippen LogP contribution in [0, 0.1) is 0 Å². The van der Waals surface area contributed by atoms with Crippen molar-refractivity contribution in [2.45, 2.75) is 77.0 Å². The average molecular weight is 474 g/mol. The summed E-state index contributed by atoms with van der Waals surface area (Å²) in [5, 5.41) is 11.3. The number of carbonyl (C=O) groups is 1. The second kappa shape index (κ2) is 16.4. The van der Waals surface area contributed by atoms with Crippen LogP contribution in [-0.4, -0.2) is 51.4 Å². The number of thiol groups is 1. The van der Waals surface area contributed by atoms with Crippen LogP contribution in [0.4, 0.5) is 0 Å². The second-order valence-corrected chi connectivity index (χ2v) is 10.0. The Morgan fingerprint density at radius 1 is 1.16 bits per heavy atom. The van der Waals surface area contributed by atoms with Gasteiger partial charge in [-0.2, -0.15) is 12.6 Å². The monoisotopic (exact) mass is 473 g/mol. The van der Waals surface area contributed by atoms with Crippen LogP contribution in [0.1, 0.15) is 64.9 Å². The quantitative estimate of drug-likeness (QED) is 0.274. The largest absolute Gasteiger partial charge is 0.480 e. The Balaban J connectivity index is 0.000000452. The van der Waals surface area contributed by atoms with Crippen LogP contribution >= 0.6 is 12.6 Å². The van der Waals surface area contributed by atoms with Crippen LogP contribution in [0.2, 0.25) is 0 Å². The number of carboxylic acid groups (broad SMARTS) is 1. The van der Waals surface area contributed by atoms with E-state index in [9.17, 15) is 9.00 Å². The minimum absolute atomic E-state index is 0.191. The van der Waals surface area contributed by atoms with Gasteiger partial charge in [0.25, 0.3) is 0 Å². The zero-order valence-electron chi connectivity index (χ0n) is 19.1. The van der Waals surface area contributed by atoms with E-state index in [0.29, 0.717) is 19.1 Å². The number of fused-ring (bicyclic) bond motifs is 1. The summed E-state index contributed by atoms with van der Waals surface area (Å²) in [5.74, 6) is 1.95. The number of aliphatic carboxylic acids is 1. The molecule has 0 bridgehead atoms. The van der Waals surface area contributed by atoms with E-state index in [-0.39, 0.29) is 5.25 Å². The molecule has 2 N–H and O–H groups in total. The third kappa shape index (κ3) is 11.3. The minimum Gasteiger partial charge on any atom is -0.480 e. The lowest BCUT2D eigenvalue weighted by Crippen LogP contribution is -2.37. The van der Waals surface area contributed by atoms with E-state index in [1.54, 1.807) is 0 Å². The first kappa shape index (κ1) is 27.8. The van der Waals surface area contributed by atoms with Crippen molar-refractivity contribution in [2.75, 3.05) is 24.8 Å². The molecule has 0 fully saturated rings. The molecule has 2 rings (SSSR count). The van der Waals surface area contributed by atoms with Crippen LogP contribution < -0.4 is 14.8 Å². The van der Waals surface area contributed by atoms with Gasteiger partial charge in [0.15, 0.2) is 11.5 Å². The van der Waals surface area contributed by atoms with Crippen LogP contribution in [0.25, 0.3) is 0 Å². The van der Waals surface area contributed by atoms with E-state index >= 15 is 0 Å². The number of rotatable bonds is 14. The molecule has 0 radical (unpaired) electrons.